The van der Waals surface area contributed by atoms with Crippen LogP contribution in [0.15, 0.2) is 28.5 Å². The first-order chi connectivity index (χ1) is 11.2. The maximum atomic E-state index is 12.3. The zero-order valence-corrected chi connectivity index (χ0v) is 15.5. The Morgan fingerprint density at radius 1 is 1.38 bits per heavy atom. The normalized spacial score (nSPS) is 11.3. The van der Waals surface area contributed by atoms with E-state index in [4.69, 9.17) is 21.5 Å². The zero-order valence-electron chi connectivity index (χ0n) is 13.1. The number of carbonyl (C=O) groups excluding carboxylic acids is 1. The van der Waals surface area contributed by atoms with E-state index < -0.39 is 10.0 Å². The highest BCUT2D eigenvalue weighted by atomic mass is 35.5. The number of ether oxygens (including phenoxy) is 1. The summed E-state index contributed by atoms with van der Waals surface area (Å²) in [5.41, 5.74) is 1.18. The second kappa shape index (κ2) is 7.52. The number of halogens is 1. The Balaban J connectivity index is 2.04. The lowest BCUT2D eigenvalue weighted by atomic mass is 10.2. The van der Waals surface area contributed by atoms with Crippen LogP contribution in [0.1, 0.15) is 20.8 Å². The predicted octanol–water partition coefficient (Wildman–Crippen LogP) is 2.34. The summed E-state index contributed by atoms with van der Waals surface area (Å²) in [5, 5.41) is 8.34. The fourth-order valence-electron chi connectivity index (χ4n) is 2.12. The molecule has 0 radical (unpaired) electrons. The van der Waals surface area contributed by atoms with Crippen molar-refractivity contribution in [3.8, 4) is 5.75 Å². The molecule has 1 aromatic carbocycles. The predicted molar refractivity (Wildman–Crippen MR) is 94.5 cm³/mol. The Bertz CT molecular complexity index is 862. The summed E-state index contributed by atoms with van der Waals surface area (Å²) in [6, 6.07) is 6.34. The van der Waals surface area contributed by atoms with Gasteiger partial charge >= 0.3 is 0 Å². The molecule has 130 valence electrons. The standard InChI is InChI=1S/C15H17ClN2O4S2/c1-9-7-14(24(17,20)21)23-13(9)5-6-18-15(19)11-8-10(16)3-4-12(11)22-2/h3-4,7-8H,5-6H2,1-2H3,(H,18,19)(H2,17,20,21). The molecule has 0 aliphatic carbocycles. The SMILES string of the molecule is COc1ccc(Cl)cc1C(=O)NCCc1sc(S(N)(=O)=O)cc1C. The van der Waals surface area contributed by atoms with E-state index in [1.165, 1.54) is 19.2 Å². The number of amides is 1. The van der Waals surface area contributed by atoms with Crippen LogP contribution in [0, 0.1) is 6.92 Å². The second-order valence-electron chi connectivity index (χ2n) is 5.07. The van der Waals surface area contributed by atoms with Crippen LogP contribution in [-0.4, -0.2) is 28.0 Å². The number of thiophene rings is 1. The summed E-state index contributed by atoms with van der Waals surface area (Å²) in [5.74, 6) is 0.121. The van der Waals surface area contributed by atoms with E-state index in [1.54, 1.807) is 12.1 Å². The molecule has 0 unspecified atom stereocenters. The van der Waals surface area contributed by atoms with Gasteiger partial charge in [0, 0.05) is 16.4 Å². The van der Waals surface area contributed by atoms with E-state index in [2.05, 4.69) is 5.32 Å². The van der Waals surface area contributed by atoms with Crippen molar-refractivity contribution in [2.75, 3.05) is 13.7 Å². The van der Waals surface area contributed by atoms with Crippen LogP contribution in [0.3, 0.4) is 0 Å². The zero-order chi connectivity index (χ0) is 17.9. The lowest BCUT2D eigenvalue weighted by Crippen LogP contribution is -2.26. The molecule has 1 amide bonds. The van der Waals surface area contributed by atoms with Crippen molar-refractivity contribution in [1.29, 1.82) is 0 Å². The van der Waals surface area contributed by atoms with E-state index in [1.807, 2.05) is 6.92 Å². The fourth-order valence-corrected chi connectivity index (χ4v) is 4.30. The minimum atomic E-state index is -3.70. The van der Waals surface area contributed by atoms with Crippen molar-refractivity contribution in [3.63, 3.8) is 0 Å². The molecule has 0 saturated carbocycles. The third-order valence-corrected chi connectivity index (χ3v) is 6.27. The van der Waals surface area contributed by atoms with Gasteiger partial charge in [0.2, 0.25) is 10.0 Å². The van der Waals surface area contributed by atoms with Crippen LogP contribution in [-0.2, 0) is 16.4 Å². The number of primary sulfonamides is 1. The van der Waals surface area contributed by atoms with Gasteiger partial charge in [-0.3, -0.25) is 4.79 Å². The lowest BCUT2D eigenvalue weighted by molar-refractivity contribution is 0.0951. The highest BCUT2D eigenvalue weighted by Crippen LogP contribution is 2.25. The fraction of sp³-hybridized carbons (Fsp3) is 0.267. The average molecular weight is 389 g/mol. The number of rotatable bonds is 6. The number of nitrogens with one attached hydrogen (secondary N) is 1. The molecule has 2 aromatic rings. The summed E-state index contributed by atoms with van der Waals surface area (Å²) in [6.45, 7) is 2.16. The second-order valence-corrected chi connectivity index (χ2v) is 8.43. The first-order valence-electron chi connectivity index (χ1n) is 6.96. The van der Waals surface area contributed by atoms with Crippen molar-refractivity contribution in [1.82, 2.24) is 5.32 Å². The number of sulfonamides is 1. The molecule has 6 nitrogen and oxygen atoms in total. The molecule has 0 bridgehead atoms. The molecular weight excluding hydrogens is 372 g/mol. The van der Waals surface area contributed by atoms with E-state index in [9.17, 15) is 13.2 Å². The molecule has 1 aromatic heterocycles. The smallest absolute Gasteiger partial charge is 0.255 e. The minimum Gasteiger partial charge on any atom is -0.496 e. The highest BCUT2D eigenvalue weighted by molar-refractivity contribution is 7.91. The molecule has 0 saturated heterocycles. The van der Waals surface area contributed by atoms with Gasteiger partial charge in [-0.1, -0.05) is 11.6 Å². The summed E-state index contributed by atoms with van der Waals surface area (Å²) in [4.78, 5) is 13.1. The number of nitrogens with two attached hydrogens (primary N) is 1. The average Bonchev–Trinajstić information content (AvgIpc) is 2.88. The third kappa shape index (κ3) is 4.47. The number of aryl methyl sites for hydroxylation is 1. The monoisotopic (exact) mass is 388 g/mol. The minimum absolute atomic E-state index is 0.123. The highest BCUT2D eigenvalue weighted by Gasteiger charge is 2.16. The van der Waals surface area contributed by atoms with Crippen molar-refractivity contribution < 1.29 is 17.9 Å². The summed E-state index contributed by atoms with van der Waals surface area (Å²) in [7, 11) is -2.23. The Kier molecular flexibility index (Phi) is 5.87. The quantitative estimate of drug-likeness (QED) is 0.793. The van der Waals surface area contributed by atoms with Gasteiger partial charge in [0.1, 0.15) is 9.96 Å². The van der Waals surface area contributed by atoms with Crippen LogP contribution in [0.4, 0.5) is 0 Å². The summed E-state index contributed by atoms with van der Waals surface area (Å²) < 4.78 is 28.0. The summed E-state index contributed by atoms with van der Waals surface area (Å²) >= 11 is 7.03. The van der Waals surface area contributed by atoms with Gasteiger partial charge in [-0.2, -0.15) is 0 Å². The third-order valence-electron chi connectivity index (χ3n) is 3.32. The van der Waals surface area contributed by atoms with Gasteiger partial charge in [-0.25, -0.2) is 13.6 Å². The molecule has 1 heterocycles. The number of hydrogen-bond acceptors (Lipinski definition) is 5. The van der Waals surface area contributed by atoms with Crippen LogP contribution in [0.5, 0.6) is 5.75 Å². The lowest BCUT2D eigenvalue weighted by Gasteiger charge is -2.09. The molecule has 0 atom stereocenters. The molecular formula is C15H17ClN2O4S2. The molecule has 9 heteroatoms. The van der Waals surface area contributed by atoms with Gasteiger partial charge in [0.15, 0.2) is 0 Å². The van der Waals surface area contributed by atoms with Gasteiger partial charge in [0.25, 0.3) is 5.91 Å². The van der Waals surface area contributed by atoms with Crippen molar-refractivity contribution >= 4 is 38.9 Å². The van der Waals surface area contributed by atoms with Crippen molar-refractivity contribution in [2.24, 2.45) is 5.14 Å². The van der Waals surface area contributed by atoms with Crippen LogP contribution in [0.25, 0.3) is 0 Å². The first kappa shape index (κ1) is 18.7. The van der Waals surface area contributed by atoms with Crippen LogP contribution < -0.4 is 15.2 Å². The van der Waals surface area contributed by atoms with Crippen LogP contribution >= 0.6 is 22.9 Å². The van der Waals surface area contributed by atoms with Gasteiger partial charge in [-0.15, -0.1) is 11.3 Å². The molecule has 24 heavy (non-hydrogen) atoms. The van der Waals surface area contributed by atoms with E-state index >= 15 is 0 Å². The molecule has 0 aliphatic heterocycles. The van der Waals surface area contributed by atoms with Crippen LogP contribution in [0.2, 0.25) is 5.02 Å². The van der Waals surface area contributed by atoms with Crippen molar-refractivity contribution in [2.45, 2.75) is 17.6 Å². The number of benzene rings is 1. The van der Waals surface area contributed by atoms with E-state index in [-0.39, 0.29) is 10.1 Å². The number of hydrogen-bond donors (Lipinski definition) is 2. The number of methoxy groups -OCH3 is 1. The Morgan fingerprint density at radius 2 is 2.08 bits per heavy atom. The number of carbonyl (C=O) groups is 1. The van der Waals surface area contributed by atoms with E-state index in [0.717, 1.165) is 21.8 Å². The molecule has 2 rings (SSSR count). The molecule has 0 fully saturated rings. The molecule has 0 aliphatic rings. The maximum absolute atomic E-state index is 12.3. The molecule has 0 spiro atoms. The topological polar surface area (TPSA) is 98.5 Å². The van der Waals surface area contributed by atoms with Gasteiger partial charge in [0.05, 0.1) is 12.7 Å². The van der Waals surface area contributed by atoms with Gasteiger partial charge < -0.3 is 10.1 Å². The maximum Gasteiger partial charge on any atom is 0.255 e. The Labute approximate surface area is 149 Å². The van der Waals surface area contributed by atoms with E-state index in [0.29, 0.717) is 29.3 Å². The molecule has 3 N–H and O–H groups in total. The van der Waals surface area contributed by atoms with Crippen molar-refractivity contribution in [3.05, 3.63) is 45.3 Å². The Morgan fingerprint density at radius 3 is 2.67 bits per heavy atom. The Hall–Kier alpha value is -1.61. The largest absolute Gasteiger partial charge is 0.496 e. The van der Waals surface area contributed by atoms with Gasteiger partial charge in [-0.05, 0) is 43.2 Å². The summed E-state index contributed by atoms with van der Waals surface area (Å²) in [6.07, 6.45) is 0.501. The first-order valence-corrected chi connectivity index (χ1v) is 9.70.